The first-order valence-electron chi connectivity index (χ1n) is 13.2. The van der Waals surface area contributed by atoms with Gasteiger partial charge >= 0.3 is 6.18 Å². The maximum absolute atomic E-state index is 14.0. The van der Waals surface area contributed by atoms with Crippen molar-refractivity contribution >= 4 is 22.4 Å². The summed E-state index contributed by atoms with van der Waals surface area (Å²) in [6.07, 6.45) is -0.173. The van der Waals surface area contributed by atoms with Crippen molar-refractivity contribution in [1.29, 1.82) is 0 Å². The van der Waals surface area contributed by atoms with Gasteiger partial charge in [0.2, 0.25) is 0 Å². The first kappa shape index (κ1) is 27.4. The second-order valence-corrected chi connectivity index (χ2v) is 9.89. The van der Waals surface area contributed by atoms with Crippen molar-refractivity contribution in [1.82, 2.24) is 15.2 Å². The normalized spacial score (nSPS) is 14.3. The maximum atomic E-state index is 14.0. The van der Waals surface area contributed by atoms with Crippen LogP contribution in [0.25, 0.3) is 10.8 Å². The fourth-order valence-electron chi connectivity index (χ4n) is 4.81. The highest BCUT2D eigenvalue weighted by Gasteiger charge is 2.34. The van der Waals surface area contributed by atoms with Crippen LogP contribution < -0.4 is 10.6 Å². The molecule has 8 heteroatoms. The van der Waals surface area contributed by atoms with Crippen LogP contribution in [-0.4, -0.2) is 42.0 Å². The molecule has 0 aliphatic carbocycles. The monoisotopic (exact) mass is 542 g/mol. The number of aryl methyl sites for hydroxylation is 1. The molecule has 0 radical (unpaired) electrons. The van der Waals surface area contributed by atoms with Crippen molar-refractivity contribution in [3.8, 4) is 11.8 Å². The molecule has 3 aromatic carbocycles. The number of benzene rings is 3. The number of halogens is 3. The number of aromatic nitrogens is 1. The van der Waals surface area contributed by atoms with E-state index >= 15 is 0 Å². The molecule has 0 bridgehead atoms. The first-order valence-corrected chi connectivity index (χ1v) is 13.2. The summed E-state index contributed by atoms with van der Waals surface area (Å²) in [5.74, 6) is 5.78. The summed E-state index contributed by atoms with van der Waals surface area (Å²) in [5, 5.41) is 7.86. The van der Waals surface area contributed by atoms with Gasteiger partial charge in [-0.15, -0.1) is 0 Å². The van der Waals surface area contributed by atoms with Crippen LogP contribution in [0.1, 0.15) is 44.6 Å². The van der Waals surface area contributed by atoms with Crippen molar-refractivity contribution in [3.63, 3.8) is 0 Å². The number of carbonyl (C=O) groups is 1. The van der Waals surface area contributed by atoms with Gasteiger partial charge in [0.25, 0.3) is 5.91 Å². The molecule has 0 saturated carbocycles. The molecular weight excluding hydrogens is 513 g/mol. The zero-order valence-corrected chi connectivity index (χ0v) is 22.1. The second kappa shape index (κ2) is 11.9. The Morgan fingerprint density at radius 1 is 1.00 bits per heavy atom. The highest BCUT2D eigenvalue weighted by atomic mass is 19.4. The molecule has 4 aromatic rings. The van der Waals surface area contributed by atoms with Crippen molar-refractivity contribution < 1.29 is 18.0 Å². The van der Waals surface area contributed by atoms with Gasteiger partial charge in [-0.2, -0.15) is 13.2 Å². The molecule has 1 amide bonds. The van der Waals surface area contributed by atoms with E-state index in [1.807, 2.05) is 36.1 Å². The fourth-order valence-corrected chi connectivity index (χ4v) is 4.81. The SMILES string of the molecule is Cc1ccc(C(=O)Nc2ccc(CN3CCCNCC3)c(C(F)(F)F)c2)cc1C#Cc1cncc2ccccc12. The third-order valence-corrected chi connectivity index (χ3v) is 7.00. The topological polar surface area (TPSA) is 57.3 Å². The Morgan fingerprint density at radius 3 is 2.67 bits per heavy atom. The van der Waals surface area contributed by atoms with E-state index in [0.29, 0.717) is 17.7 Å². The Hall–Kier alpha value is -4.19. The number of hydrogen-bond acceptors (Lipinski definition) is 4. The van der Waals surface area contributed by atoms with E-state index in [-0.39, 0.29) is 17.8 Å². The number of alkyl halides is 3. The van der Waals surface area contributed by atoms with E-state index in [2.05, 4.69) is 27.5 Å². The van der Waals surface area contributed by atoms with E-state index in [1.54, 1.807) is 30.6 Å². The summed E-state index contributed by atoms with van der Waals surface area (Å²) in [7, 11) is 0. The molecule has 0 spiro atoms. The summed E-state index contributed by atoms with van der Waals surface area (Å²) in [6.45, 7) is 5.13. The lowest BCUT2D eigenvalue weighted by Crippen LogP contribution is -2.28. The van der Waals surface area contributed by atoms with Gasteiger partial charge < -0.3 is 10.6 Å². The number of nitrogens with zero attached hydrogens (tertiary/aromatic N) is 2. The van der Waals surface area contributed by atoms with E-state index in [1.165, 1.54) is 12.1 Å². The summed E-state index contributed by atoms with van der Waals surface area (Å²) in [6, 6.07) is 16.9. The molecule has 1 fully saturated rings. The molecule has 1 aliphatic heterocycles. The number of anilines is 1. The van der Waals surface area contributed by atoms with Crippen LogP contribution in [0.4, 0.5) is 18.9 Å². The van der Waals surface area contributed by atoms with Crippen LogP contribution >= 0.6 is 0 Å². The Bertz CT molecular complexity index is 1590. The number of rotatable bonds is 4. The van der Waals surface area contributed by atoms with E-state index in [0.717, 1.165) is 54.0 Å². The molecular formula is C32H29F3N4O. The summed E-state index contributed by atoms with van der Waals surface area (Å²) < 4.78 is 41.9. The molecule has 2 heterocycles. The van der Waals surface area contributed by atoms with Gasteiger partial charge in [0, 0.05) is 59.6 Å². The third-order valence-electron chi connectivity index (χ3n) is 7.00. The summed E-state index contributed by atoms with van der Waals surface area (Å²) >= 11 is 0. The van der Waals surface area contributed by atoms with Gasteiger partial charge in [0.1, 0.15) is 0 Å². The van der Waals surface area contributed by atoms with Crippen molar-refractivity contribution in [2.75, 3.05) is 31.5 Å². The van der Waals surface area contributed by atoms with Crippen LogP contribution in [-0.2, 0) is 12.7 Å². The quantitative estimate of drug-likeness (QED) is 0.310. The standard InChI is InChI=1S/C32H29F3N4O/c1-22-7-8-24(17-23(22)9-10-26-20-37-19-25-5-2-3-6-29(25)26)31(40)38-28-12-11-27(30(18-28)32(33,34)35)21-39-15-4-13-36-14-16-39/h2-3,5-8,11-12,17-20,36H,4,13-16,21H2,1H3,(H,38,40). The molecule has 0 atom stereocenters. The minimum Gasteiger partial charge on any atom is -0.322 e. The van der Waals surface area contributed by atoms with E-state index < -0.39 is 17.6 Å². The van der Waals surface area contributed by atoms with Crippen LogP contribution in [0.3, 0.4) is 0 Å². The predicted molar refractivity (Wildman–Crippen MR) is 151 cm³/mol. The zero-order chi connectivity index (χ0) is 28.1. The number of nitrogens with one attached hydrogen (secondary N) is 2. The third kappa shape index (κ3) is 6.50. The minimum atomic E-state index is -4.54. The maximum Gasteiger partial charge on any atom is 0.416 e. The summed E-state index contributed by atoms with van der Waals surface area (Å²) in [5.41, 5.74) is 2.16. The van der Waals surface area contributed by atoms with E-state index in [9.17, 15) is 18.0 Å². The molecule has 1 aliphatic rings. The second-order valence-electron chi connectivity index (χ2n) is 9.89. The fraction of sp³-hybridized carbons (Fsp3) is 0.250. The molecule has 1 aromatic heterocycles. The zero-order valence-electron chi connectivity index (χ0n) is 22.1. The van der Waals surface area contributed by atoms with Gasteiger partial charge in [-0.1, -0.05) is 48.2 Å². The predicted octanol–water partition coefficient (Wildman–Crippen LogP) is 6.01. The lowest BCUT2D eigenvalue weighted by atomic mass is 10.0. The van der Waals surface area contributed by atoms with E-state index in [4.69, 9.17) is 0 Å². The molecule has 2 N–H and O–H groups in total. The van der Waals surface area contributed by atoms with Crippen LogP contribution in [0.5, 0.6) is 0 Å². The molecule has 0 unspecified atom stereocenters. The lowest BCUT2D eigenvalue weighted by molar-refractivity contribution is -0.138. The molecule has 40 heavy (non-hydrogen) atoms. The van der Waals surface area contributed by atoms with Gasteiger partial charge in [-0.3, -0.25) is 14.7 Å². The highest BCUT2D eigenvalue weighted by molar-refractivity contribution is 6.04. The van der Waals surface area contributed by atoms with Gasteiger partial charge in [0.05, 0.1) is 11.1 Å². The van der Waals surface area contributed by atoms with Crippen LogP contribution in [0.15, 0.2) is 73.1 Å². The number of fused-ring (bicyclic) bond motifs is 1. The van der Waals surface area contributed by atoms with Crippen LogP contribution in [0, 0.1) is 18.8 Å². The van der Waals surface area contributed by atoms with Gasteiger partial charge in [0.15, 0.2) is 0 Å². The number of pyridine rings is 1. The number of carbonyl (C=O) groups excluding carboxylic acids is 1. The molecule has 204 valence electrons. The highest BCUT2D eigenvalue weighted by Crippen LogP contribution is 2.34. The smallest absolute Gasteiger partial charge is 0.322 e. The number of amides is 1. The lowest BCUT2D eigenvalue weighted by Gasteiger charge is -2.22. The van der Waals surface area contributed by atoms with Crippen molar-refractivity contribution in [2.45, 2.75) is 26.1 Å². The Labute approximate surface area is 231 Å². The molecule has 5 rings (SSSR count). The molecule has 5 nitrogen and oxygen atoms in total. The van der Waals surface area contributed by atoms with Gasteiger partial charge in [-0.25, -0.2) is 0 Å². The van der Waals surface area contributed by atoms with Crippen molar-refractivity contribution in [3.05, 3.63) is 106 Å². The Morgan fingerprint density at radius 2 is 1.82 bits per heavy atom. The summed E-state index contributed by atoms with van der Waals surface area (Å²) in [4.78, 5) is 19.3. The largest absolute Gasteiger partial charge is 0.416 e. The molecule has 1 saturated heterocycles. The van der Waals surface area contributed by atoms with Gasteiger partial charge in [-0.05, 0) is 61.8 Å². The Balaban J connectivity index is 1.37. The number of hydrogen-bond donors (Lipinski definition) is 2. The first-order chi connectivity index (χ1) is 19.3. The van der Waals surface area contributed by atoms with Crippen molar-refractivity contribution in [2.24, 2.45) is 0 Å². The average Bonchev–Trinajstić information content (AvgIpc) is 3.21. The van der Waals surface area contributed by atoms with Crippen LogP contribution in [0.2, 0.25) is 0 Å². The minimum absolute atomic E-state index is 0.0913. The average molecular weight is 543 g/mol. The Kier molecular flexibility index (Phi) is 8.15.